The highest BCUT2D eigenvalue weighted by Crippen LogP contribution is 2.13. The Balaban J connectivity index is 2.31. The average molecular weight is 189 g/mol. The zero-order valence-electron chi connectivity index (χ0n) is 8.12. The molecule has 0 amide bonds. The van der Waals surface area contributed by atoms with Crippen LogP contribution in [-0.4, -0.2) is 34.3 Å². The Labute approximate surface area is 82.0 Å². The molecular formula is C9H11N5. The molecule has 0 N–H and O–H groups in total. The maximum Gasteiger partial charge on any atom is 0.143 e. The van der Waals surface area contributed by atoms with Crippen LogP contribution < -0.4 is 4.90 Å². The third-order valence-electron chi connectivity index (χ3n) is 1.98. The minimum Gasteiger partial charge on any atom is -0.378 e. The molecule has 0 fully saturated rings. The third kappa shape index (κ3) is 1.56. The van der Waals surface area contributed by atoms with Crippen molar-refractivity contribution in [3.63, 3.8) is 0 Å². The summed E-state index contributed by atoms with van der Waals surface area (Å²) in [4.78, 5) is 2.05. The molecule has 5 nitrogen and oxygen atoms in total. The van der Waals surface area contributed by atoms with Crippen LogP contribution in [0.4, 0.5) is 5.69 Å². The predicted octanol–water partition coefficient (Wildman–Crippen LogP) is 0.728. The van der Waals surface area contributed by atoms with Crippen LogP contribution in [0.3, 0.4) is 0 Å². The Morgan fingerprint density at radius 1 is 1.14 bits per heavy atom. The van der Waals surface area contributed by atoms with Gasteiger partial charge in [-0.25, -0.2) is 4.68 Å². The van der Waals surface area contributed by atoms with E-state index in [-0.39, 0.29) is 0 Å². The van der Waals surface area contributed by atoms with Crippen molar-refractivity contribution < 1.29 is 0 Å². The predicted molar refractivity (Wildman–Crippen MR) is 53.5 cm³/mol. The van der Waals surface area contributed by atoms with E-state index < -0.39 is 0 Å². The molecule has 0 saturated carbocycles. The van der Waals surface area contributed by atoms with Gasteiger partial charge in [0.05, 0.1) is 5.69 Å². The minimum absolute atomic E-state index is 0.959. The fourth-order valence-corrected chi connectivity index (χ4v) is 1.18. The quantitative estimate of drug-likeness (QED) is 0.698. The van der Waals surface area contributed by atoms with E-state index in [9.17, 15) is 0 Å². The van der Waals surface area contributed by atoms with Crippen LogP contribution in [0.25, 0.3) is 5.69 Å². The zero-order chi connectivity index (χ0) is 9.97. The second kappa shape index (κ2) is 3.45. The van der Waals surface area contributed by atoms with Gasteiger partial charge in [0.15, 0.2) is 0 Å². The van der Waals surface area contributed by atoms with Crippen LogP contribution >= 0.6 is 0 Å². The molecule has 5 heteroatoms. The van der Waals surface area contributed by atoms with Gasteiger partial charge in [-0.05, 0) is 34.7 Å². The molecule has 1 aromatic carbocycles. The van der Waals surface area contributed by atoms with Gasteiger partial charge < -0.3 is 4.90 Å². The van der Waals surface area contributed by atoms with Crippen LogP contribution in [-0.2, 0) is 0 Å². The van der Waals surface area contributed by atoms with Crippen molar-refractivity contribution in [3.05, 3.63) is 30.6 Å². The van der Waals surface area contributed by atoms with E-state index in [0.717, 1.165) is 11.4 Å². The maximum atomic E-state index is 3.80. The Kier molecular flexibility index (Phi) is 2.14. The average Bonchev–Trinajstić information content (AvgIpc) is 2.71. The summed E-state index contributed by atoms with van der Waals surface area (Å²) in [5.74, 6) is 0. The first kappa shape index (κ1) is 8.68. The third-order valence-corrected chi connectivity index (χ3v) is 1.98. The molecule has 0 aliphatic carbocycles. The van der Waals surface area contributed by atoms with Crippen molar-refractivity contribution in [1.29, 1.82) is 0 Å². The summed E-state index contributed by atoms with van der Waals surface area (Å²) in [5, 5.41) is 11.0. The summed E-state index contributed by atoms with van der Waals surface area (Å²) in [7, 11) is 4.01. The number of aromatic nitrogens is 4. The number of tetrazole rings is 1. The molecule has 0 unspecified atom stereocenters. The van der Waals surface area contributed by atoms with Gasteiger partial charge in [0.2, 0.25) is 0 Å². The molecule has 2 aromatic rings. The smallest absolute Gasteiger partial charge is 0.143 e. The van der Waals surface area contributed by atoms with E-state index in [4.69, 9.17) is 0 Å². The number of rotatable bonds is 2. The molecule has 0 saturated heterocycles. The summed E-state index contributed by atoms with van der Waals surface area (Å²) in [5.41, 5.74) is 2.11. The fourth-order valence-electron chi connectivity index (χ4n) is 1.18. The minimum atomic E-state index is 0.959. The van der Waals surface area contributed by atoms with Crippen molar-refractivity contribution in [1.82, 2.24) is 20.2 Å². The molecule has 1 aromatic heterocycles. The van der Waals surface area contributed by atoms with E-state index in [1.54, 1.807) is 11.0 Å². The van der Waals surface area contributed by atoms with Crippen molar-refractivity contribution in [2.75, 3.05) is 19.0 Å². The van der Waals surface area contributed by atoms with Gasteiger partial charge in [0, 0.05) is 19.8 Å². The van der Waals surface area contributed by atoms with Crippen molar-refractivity contribution >= 4 is 5.69 Å². The van der Waals surface area contributed by atoms with Crippen LogP contribution in [0.15, 0.2) is 30.6 Å². The van der Waals surface area contributed by atoms with Crippen molar-refractivity contribution in [3.8, 4) is 5.69 Å². The van der Waals surface area contributed by atoms with Crippen LogP contribution in [0, 0.1) is 0 Å². The normalized spacial score (nSPS) is 10.1. The molecular weight excluding hydrogens is 178 g/mol. The number of hydrogen-bond donors (Lipinski definition) is 0. The second-order valence-electron chi connectivity index (χ2n) is 3.17. The molecule has 14 heavy (non-hydrogen) atoms. The highest BCUT2D eigenvalue weighted by molar-refractivity contribution is 5.49. The lowest BCUT2D eigenvalue weighted by molar-refractivity contribution is 0.789. The highest BCUT2D eigenvalue weighted by atomic mass is 15.5. The maximum absolute atomic E-state index is 3.80. The lowest BCUT2D eigenvalue weighted by Crippen LogP contribution is -2.08. The monoisotopic (exact) mass is 189 g/mol. The van der Waals surface area contributed by atoms with E-state index >= 15 is 0 Å². The van der Waals surface area contributed by atoms with Gasteiger partial charge in [-0.2, -0.15) is 0 Å². The molecule has 0 aliphatic rings. The summed E-state index contributed by atoms with van der Waals surface area (Å²) >= 11 is 0. The summed E-state index contributed by atoms with van der Waals surface area (Å²) in [6, 6.07) is 8.01. The Hall–Kier alpha value is -1.91. The van der Waals surface area contributed by atoms with Gasteiger partial charge in [-0.1, -0.05) is 0 Å². The first-order valence-corrected chi connectivity index (χ1v) is 4.28. The summed E-state index contributed by atoms with van der Waals surface area (Å²) in [6.45, 7) is 0. The largest absolute Gasteiger partial charge is 0.378 e. The first-order valence-electron chi connectivity index (χ1n) is 4.28. The fraction of sp³-hybridized carbons (Fsp3) is 0.222. The topological polar surface area (TPSA) is 46.8 Å². The number of hydrogen-bond acceptors (Lipinski definition) is 4. The summed E-state index contributed by atoms with van der Waals surface area (Å²) < 4.78 is 1.62. The molecule has 0 aliphatic heterocycles. The van der Waals surface area contributed by atoms with E-state index in [1.165, 1.54) is 0 Å². The molecule has 2 rings (SSSR count). The van der Waals surface area contributed by atoms with E-state index in [2.05, 4.69) is 15.5 Å². The zero-order valence-corrected chi connectivity index (χ0v) is 8.12. The Bertz CT molecular complexity index is 390. The standard InChI is InChI=1S/C9H11N5/c1-13(2)8-3-5-9(6-4-8)14-7-10-11-12-14/h3-7H,1-2H3. The molecule has 1 heterocycles. The Morgan fingerprint density at radius 3 is 2.36 bits per heavy atom. The lowest BCUT2D eigenvalue weighted by atomic mass is 10.3. The molecule has 0 radical (unpaired) electrons. The number of anilines is 1. The molecule has 0 atom stereocenters. The number of benzene rings is 1. The van der Waals surface area contributed by atoms with Gasteiger partial charge in [-0.15, -0.1) is 5.10 Å². The van der Waals surface area contributed by atoms with Crippen LogP contribution in [0.2, 0.25) is 0 Å². The second-order valence-corrected chi connectivity index (χ2v) is 3.17. The SMILES string of the molecule is CN(C)c1ccc(-n2cnnn2)cc1. The summed E-state index contributed by atoms with van der Waals surface area (Å²) in [6.07, 6.45) is 1.57. The molecule has 0 spiro atoms. The van der Waals surface area contributed by atoms with Crippen LogP contribution in [0.1, 0.15) is 0 Å². The van der Waals surface area contributed by atoms with E-state index in [0.29, 0.717) is 0 Å². The van der Waals surface area contributed by atoms with Crippen molar-refractivity contribution in [2.24, 2.45) is 0 Å². The first-order chi connectivity index (χ1) is 6.77. The molecule has 72 valence electrons. The number of nitrogens with zero attached hydrogens (tertiary/aromatic N) is 5. The van der Waals surface area contributed by atoms with E-state index in [1.807, 2.05) is 43.3 Å². The molecule has 0 bridgehead atoms. The van der Waals surface area contributed by atoms with Gasteiger partial charge in [-0.3, -0.25) is 0 Å². The van der Waals surface area contributed by atoms with Crippen LogP contribution in [0.5, 0.6) is 0 Å². The van der Waals surface area contributed by atoms with Gasteiger partial charge in [0.1, 0.15) is 6.33 Å². The Morgan fingerprint density at radius 2 is 1.86 bits per heavy atom. The lowest BCUT2D eigenvalue weighted by Gasteiger charge is -2.12. The van der Waals surface area contributed by atoms with Gasteiger partial charge >= 0.3 is 0 Å². The van der Waals surface area contributed by atoms with Gasteiger partial charge in [0.25, 0.3) is 0 Å². The van der Waals surface area contributed by atoms with Crippen molar-refractivity contribution in [2.45, 2.75) is 0 Å². The highest BCUT2D eigenvalue weighted by Gasteiger charge is 1.98.